The number of anilines is 1. The molecule has 3 aromatic rings. The molecule has 0 unspecified atom stereocenters. The van der Waals surface area contributed by atoms with Gasteiger partial charge in [0.1, 0.15) is 5.75 Å². The van der Waals surface area contributed by atoms with Crippen LogP contribution in [0.1, 0.15) is 17.5 Å². The van der Waals surface area contributed by atoms with Crippen molar-refractivity contribution >= 4 is 28.3 Å². The van der Waals surface area contributed by atoms with Crippen molar-refractivity contribution in [3.8, 4) is 5.75 Å². The van der Waals surface area contributed by atoms with Crippen LogP contribution < -0.4 is 9.64 Å². The van der Waals surface area contributed by atoms with Crippen LogP contribution in [0.25, 0.3) is 10.8 Å². The molecule has 0 spiro atoms. The van der Waals surface area contributed by atoms with Crippen molar-refractivity contribution in [1.29, 1.82) is 0 Å². The first-order valence-corrected chi connectivity index (χ1v) is 9.09. The smallest absolute Gasteiger partial charge is 0.316 e. The molecule has 1 fully saturated rings. The van der Waals surface area contributed by atoms with Gasteiger partial charge in [-0.1, -0.05) is 42.5 Å². The molecule has 1 atom stereocenters. The van der Waals surface area contributed by atoms with Crippen molar-refractivity contribution < 1.29 is 14.3 Å². The van der Waals surface area contributed by atoms with Crippen molar-refractivity contribution in [3.05, 3.63) is 71.8 Å². The van der Waals surface area contributed by atoms with Gasteiger partial charge in [0.2, 0.25) is 5.91 Å². The molecule has 0 N–H and O–H groups in total. The number of hydrogen-bond acceptors (Lipinski definition) is 3. The van der Waals surface area contributed by atoms with Gasteiger partial charge in [-0.05, 0) is 53.9 Å². The Morgan fingerprint density at radius 3 is 2.59 bits per heavy atom. The third-order valence-electron chi connectivity index (χ3n) is 5.05. The van der Waals surface area contributed by atoms with E-state index in [1.165, 1.54) is 0 Å². The number of esters is 1. The second-order valence-corrected chi connectivity index (χ2v) is 7.13. The number of rotatable bonds is 3. The average molecular weight is 359 g/mol. The molecule has 0 aliphatic carbocycles. The average Bonchev–Trinajstić information content (AvgIpc) is 3.05. The van der Waals surface area contributed by atoms with E-state index in [1.807, 2.05) is 68.4 Å². The number of carbonyl (C=O) groups is 2. The minimum Gasteiger partial charge on any atom is -0.426 e. The molecule has 3 aromatic carbocycles. The van der Waals surface area contributed by atoms with Gasteiger partial charge in [-0.25, -0.2) is 0 Å². The number of aryl methyl sites for hydroxylation is 2. The number of nitrogens with zero attached hydrogens (tertiary/aromatic N) is 1. The van der Waals surface area contributed by atoms with Gasteiger partial charge >= 0.3 is 5.97 Å². The summed E-state index contributed by atoms with van der Waals surface area (Å²) in [5.41, 5.74) is 2.99. The topological polar surface area (TPSA) is 46.6 Å². The lowest BCUT2D eigenvalue weighted by Gasteiger charge is -2.19. The van der Waals surface area contributed by atoms with Gasteiger partial charge in [0.15, 0.2) is 0 Å². The first-order chi connectivity index (χ1) is 13.0. The van der Waals surface area contributed by atoms with E-state index in [0.29, 0.717) is 12.3 Å². The summed E-state index contributed by atoms with van der Waals surface area (Å²) in [5, 5.41) is 2.11. The fourth-order valence-corrected chi connectivity index (χ4v) is 3.54. The summed E-state index contributed by atoms with van der Waals surface area (Å²) in [6.07, 6.45) is 0.180. The van der Waals surface area contributed by atoms with Gasteiger partial charge in [0.05, 0.1) is 5.92 Å². The Labute approximate surface area is 158 Å². The van der Waals surface area contributed by atoms with Crippen LogP contribution in [-0.4, -0.2) is 18.4 Å². The number of hydrogen-bond donors (Lipinski definition) is 0. The second-order valence-electron chi connectivity index (χ2n) is 7.13. The standard InChI is InChI=1S/C23H21NO3/c1-15-7-8-16(2)21(11-15)24-14-19(13-22(24)25)23(26)27-20-10-9-17-5-3-4-6-18(17)12-20/h3-12,19H,13-14H2,1-2H3/t19-/m0/s1. The molecule has 1 heterocycles. The van der Waals surface area contributed by atoms with Gasteiger partial charge in [-0.3, -0.25) is 9.59 Å². The Morgan fingerprint density at radius 2 is 1.78 bits per heavy atom. The van der Waals surface area contributed by atoms with Crippen molar-refractivity contribution in [2.45, 2.75) is 20.3 Å². The molecule has 1 amide bonds. The summed E-state index contributed by atoms with van der Waals surface area (Å²) in [7, 11) is 0. The van der Waals surface area contributed by atoms with E-state index >= 15 is 0 Å². The van der Waals surface area contributed by atoms with Crippen LogP contribution in [0.3, 0.4) is 0 Å². The molecule has 0 aromatic heterocycles. The van der Waals surface area contributed by atoms with Crippen molar-refractivity contribution in [1.82, 2.24) is 0 Å². The lowest BCUT2D eigenvalue weighted by atomic mass is 10.1. The maximum Gasteiger partial charge on any atom is 0.316 e. The third-order valence-corrected chi connectivity index (χ3v) is 5.05. The van der Waals surface area contributed by atoms with E-state index in [0.717, 1.165) is 27.6 Å². The van der Waals surface area contributed by atoms with Crippen LogP contribution in [0, 0.1) is 19.8 Å². The molecule has 1 aliphatic rings. The zero-order valence-corrected chi connectivity index (χ0v) is 15.4. The predicted octanol–water partition coefficient (Wildman–Crippen LogP) is 4.42. The Kier molecular flexibility index (Phi) is 4.40. The minimum atomic E-state index is -0.455. The van der Waals surface area contributed by atoms with Crippen molar-refractivity contribution in [3.63, 3.8) is 0 Å². The SMILES string of the molecule is Cc1ccc(C)c(N2C[C@@H](C(=O)Oc3ccc4ccccc4c3)CC2=O)c1. The minimum absolute atomic E-state index is 0.0378. The van der Waals surface area contributed by atoms with Crippen LogP contribution >= 0.6 is 0 Å². The normalized spacial score (nSPS) is 16.7. The van der Waals surface area contributed by atoms with Crippen molar-refractivity contribution in [2.24, 2.45) is 5.92 Å². The quantitative estimate of drug-likeness (QED) is 0.514. The molecule has 1 saturated heterocycles. The molecular weight excluding hydrogens is 338 g/mol. The van der Waals surface area contributed by atoms with E-state index in [2.05, 4.69) is 0 Å². The fraction of sp³-hybridized carbons (Fsp3) is 0.217. The largest absolute Gasteiger partial charge is 0.426 e. The Morgan fingerprint density at radius 1 is 1.00 bits per heavy atom. The van der Waals surface area contributed by atoms with Gasteiger partial charge in [0, 0.05) is 18.7 Å². The van der Waals surface area contributed by atoms with Crippen LogP contribution in [0.4, 0.5) is 5.69 Å². The first kappa shape index (κ1) is 17.3. The molecule has 1 aliphatic heterocycles. The summed E-state index contributed by atoms with van der Waals surface area (Å²) in [6, 6.07) is 19.5. The summed E-state index contributed by atoms with van der Waals surface area (Å²) in [5.74, 6) is -0.337. The monoisotopic (exact) mass is 359 g/mol. The molecule has 4 rings (SSSR count). The number of carbonyl (C=O) groups excluding carboxylic acids is 2. The first-order valence-electron chi connectivity index (χ1n) is 9.09. The maximum atomic E-state index is 12.6. The number of fused-ring (bicyclic) bond motifs is 1. The summed E-state index contributed by atoms with van der Waals surface area (Å²) < 4.78 is 5.58. The van der Waals surface area contributed by atoms with E-state index in [1.54, 1.807) is 11.0 Å². The van der Waals surface area contributed by atoms with E-state index in [4.69, 9.17) is 4.74 Å². The Bertz CT molecular complexity index is 1040. The lowest BCUT2D eigenvalue weighted by molar-refractivity contribution is -0.139. The fourth-order valence-electron chi connectivity index (χ4n) is 3.54. The van der Waals surface area contributed by atoms with Crippen LogP contribution in [0.15, 0.2) is 60.7 Å². The molecule has 27 heavy (non-hydrogen) atoms. The van der Waals surface area contributed by atoms with Gasteiger partial charge < -0.3 is 9.64 Å². The van der Waals surface area contributed by atoms with Crippen LogP contribution in [0.2, 0.25) is 0 Å². The second kappa shape index (κ2) is 6.88. The molecule has 0 radical (unpaired) electrons. The summed E-state index contributed by atoms with van der Waals surface area (Å²) in [6.45, 7) is 4.33. The van der Waals surface area contributed by atoms with Crippen molar-refractivity contribution in [2.75, 3.05) is 11.4 Å². The Hall–Kier alpha value is -3.14. The highest BCUT2D eigenvalue weighted by Gasteiger charge is 2.37. The predicted molar refractivity (Wildman–Crippen MR) is 106 cm³/mol. The number of ether oxygens (including phenoxy) is 1. The zero-order valence-electron chi connectivity index (χ0n) is 15.4. The molecule has 0 bridgehead atoms. The molecular formula is C23H21NO3. The zero-order chi connectivity index (χ0) is 19.0. The van der Waals surface area contributed by atoms with Gasteiger partial charge in [-0.15, -0.1) is 0 Å². The van der Waals surface area contributed by atoms with Crippen LogP contribution in [-0.2, 0) is 9.59 Å². The third kappa shape index (κ3) is 3.43. The molecule has 136 valence electrons. The van der Waals surface area contributed by atoms with E-state index < -0.39 is 5.92 Å². The number of amides is 1. The molecule has 4 heteroatoms. The molecule has 0 saturated carbocycles. The lowest BCUT2D eigenvalue weighted by Crippen LogP contribution is -2.27. The highest BCUT2D eigenvalue weighted by Crippen LogP contribution is 2.30. The molecule has 4 nitrogen and oxygen atoms in total. The van der Waals surface area contributed by atoms with Crippen LogP contribution in [0.5, 0.6) is 5.75 Å². The number of benzene rings is 3. The highest BCUT2D eigenvalue weighted by molar-refractivity contribution is 6.00. The van der Waals surface area contributed by atoms with E-state index in [-0.39, 0.29) is 18.3 Å². The van der Waals surface area contributed by atoms with Gasteiger partial charge in [0.25, 0.3) is 0 Å². The van der Waals surface area contributed by atoms with E-state index in [9.17, 15) is 9.59 Å². The maximum absolute atomic E-state index is 12.6. The Balaban J connectivity index is 1.51. The summed E-state index contributed by atoms with van der Waals surface area (Å²) in [4.78, 5) is 26.8. The summed E-state index contributed by atoms with van der Waals surface area (Å²) >= 11 is 0. The highest BCUT2D eigenvalue weighted by atomic mass is 16.5. The van der Waals surface area contributed by atoms with Gasteiger partial charge in [-0.2, -0.15) is 0 Å².